The highest BCUT2D eigenvalue weighted by molar-refractivity contribution is 5.20. The van der Waals surface area contributed by atoms with Crippen molar-refractivity contribution in [1.29, 1.82) is 0 Å². The van der Waals surface area contributed by atoms with Gasteiger partial charge in [0.1, 0.15) is 0 Å². The first-order chi connectivity index (χ1) is 9.53. The largest absolute Gasteiger partial charge is 0.307 e. The van der Waals surface area contributed by atoms with Gasteiger partial charge in [-0.2, -0.15) is 0 Å². The lowest BCUT2D eigenvalue weighted by Gasteiger charge is -2.31. The Kier molecular flexibility index (Phi) is 3.90. The minimum Gasteiger partial charge on any atom is -0.307 e. The van der Waals surface area contributed by atoms with Crippen molar-refractivity contribution in [3.05, 3.63) is 35.9 Å². The van der Waals surface area contributed by atoms with E-state index in [4.69, 9.17) is 0 Å². The molecule has 0 heterocycles. The molecule has 1 heteroatoms. The molecule has 0 amide bonds. The average molecular weight is 271 g/mol. The molecule has 0 radical (unpaired) electrons. The molecule has 0 aliphatic heterocycles. The van der Waals surface area contributed by atoms with Gasteiger partial charge in [0.2, 0.25) is 0 Å². The quantitative estimate of drug-likeness (QED) is 0.772. The van der Waals surface area contributed by atoms with Crippen LogP contribution in [0.4, 0.5) is 0 Å². The molecule has 0 spiro atoms. The summed E-state index contributed by atoms with van der Waals surface area (Å²) in [5.41, 5.74) is 1.83. The van der Waals surface area contributed by atoms with Crippen molar-refractivity contribution in [1.82, 2.24) is 5.32 Å². The van der Waals surface area contributed by atoms with Crippen molar-refractivity contribution in [3.8, 4) is 0 Å². The van der Waals surface area contributed by atoms with Crippen LogP contribution in [0.3, 0.4) is 0 Å². The maximum atomic E-state index is 4.05. The molecule has 2 aliphatic carbocycles. The fraction of sp³-hybridized carbons (Fsp3) is 0.684. The molecular weight excluding hydrogens is 242 g/mol. The molecule has 2 saturated carbocycles. The van der Waals surface area contributed by atoms with Crippen molar-refractivity contribution < 1.29 is 0 Å². The first kappa shape index (κ1) is 14.1. The lowest BCUT2D eigenvalue weighted by Crippen LogP contribution is -2.37. The third-order valence-electron chi connectivity index (χ3n) is 4.67. The van der Waals surface area contributed by atoms with Gasteiger partial charge in [0.25, 0.3) is 0 Å². The highest BCUT2D eigenvalue weighted by Gasteiger charge is 2.42. The van der Waals surface area contributed by atoms with Gasteiger partial charge in [-0.25, -0.2) is 0 Å². The molecule has 1 aromatic carbocycles. The first-order valence-electron chi connectivity index (χ1n) is 8.34. The van der Waals surface area contributed by atoms with E-state index in [1.165, 1.54) is 37.7 Å². The standard InChI is InChI=1S/C19H29N/c1-19(2,3)13-17(14-7-5-4-6-8-14)20-18(15-9-10-15)16-11-12-16/h4-8,15-18,20H,9-13H2,1-3H3. The summed E-state index contributed by atoms with van der Waals surface area (Å²) in [6.45, 7) is 7.07. The Morgan fingerprint density at radius 3 is 2.00 bits per heavy atom. The second kappa shape index (κ2) is 5.52. The second-order valence-electron chi connectivity index (χ2n) is 8.10. The van der Waals surface area contributed by atoms with Gasteiger partial charge < -0.3 is 5.32 Å². The van der Waals surface area contributed by atoms with Gasteiger partial charge in [-0.1, -0.05) is 51.1 Å². The van der Waals surface area contributed by atoms with E-state index in [9.17, 15) is 0 Å². The summed E-state index contributed by atoms with van der Waals surface area (Å²) < 4.78 is 0. The van der Waals surface area contributed by atoms with E-state index in [0.29, 0.717) is 11.5 Å². The van der Waals surface area contributed by atoms with Gasteiger partial charge >= 0.3 is 0 Å². The van der Waals surface area contributed by atoms with Gasteiger partial charge in [-0.15, -0.1) is 0 Å². The first-order valence-corrected chi connectivity index (χ1v) is 8.34. The molecule has 110 valence electrons. The van der Waals surface area contributed by atoms with Crippen molar-refractivity contribution in [3.63, 3.8) is 0 Å². The smallest absolute Gasteiger partial charge is 0.0327 e. The van der Waals surface area contributed by atoms with Crippen LogP contribution >= 0.6 is 0 Å². The zero-order valence-corrected chi connectivity index (χ0v) is 13.2. The van der Waals surface area contributed by atoms with Crippen LogP contribution in [0.15, 0.2) is 30.3 Å². The van der Waals surface area contributed by atoms with E-state index in [2.05, 4.69) is 56.4 Å². The number of nitrogens with one attached hydrogen (secondary N) is 1. The van der Waals surface area contributed by atoms with Crippen LogP contribution in [0.25, 0.3) is 0 Å². The highest BCUT2D eigenvalue weighted by atomic mass is 15.0. The summed E-state index contributed by atoms with van der Waals surface area (Å²) in [6, 6.07) is 12.4. The molecule has 1 aromatic rings. The molecule has 1 nitrogen and oxygen atoms in total. The van der Waals surface area contributed by atoms with Gasteiger partial charge in [-0.05, 0) is 54.9 Å². The predicted octanol–water partition coefficient (Wildman–Crippen LogP) is 4.94. The Morgan fingerprint density at radius 2 is 1.55 bits per heavy atom. The lowest BCUT2D eigenvalue weighted by atomic mass is 9.84. The monoisotopic (exact) mass is 271 g/mol. The average Bonchev–Trinajstić information content (AvgIpc) is 3.27. The maximum absolute atomic E-state index is 4.05. The zero-order chi connectivity index (χ0) is 14.2. The molecule has 0 bridgehead atoms. The molecule has 3 rings (SSSR count). The Balaban J connectivity index is 1.74. The minimum atomic E-state index is 0.366. The summed E-state index contributed by atoms with van der Waals surface area (Å²) in [5, 5.41) is 4.05. The van der Waals surface area contributed by atoms with Crippen molar-refractivity contribution >= 4 is 0 Å². The van der Waals surface area contributed by atoms with Crippen LogP contribution in [-0.2, 0) is 0 Å². The molecule has 1 atom stereocenters. The SMILES string of the molecule is CC(C)(C)CC(NC(C1CC1)C1CC1)c1ccccc1. The molecule has 1 unspecified atom stereocenters. The third kappa shape index (κ3) is 3.85. The summed E-state index contributed by atoms with van der Waals surface area (Å²) in [5.74, 6) is 1.93. The van der Waals surface area contributed by atoms with E-state index in [-0.39, 0.29) is 0 Å². The van der Waals surface area contributed by atoms with Crippen LogP contribution in [-0.4, -0.2) is 6.04 Å². The molecule has 20 heavy (non-hydrogen) atoms. The Morgan fingerprint density at radius 1 is 1.00 bits per heavy atom. The van der Waals surface area contributed by atoms with Crippen molar-refractivity contribution in [2.45, 2.75) is 65.0 Å². The number of benzene rings is 1. The Hall–Kier alpha value is -0.820. The Labute approximate surface area is 124 Å². The second-order valence-corrected chi connectivity index (χ2v) is 8.10. The topological polar surface area (TPSA) is 12.0 Å². The molecule has 0 aromatic heterocycles. The lowest BCUT2D eigenvalue weighted by molar-refractivity contribution is 0.272. The molecule has 2 aliphatic rings. The van der Waals surface area contributed by atoms with Crippen LogP contribution in [0.5, 0.6) is 0 Å². The van der Waals surface area contributed by atoms with Crippen LogP contribution in [0.1, 0.15) is 64.5 Å². The summed E-state index contributed by atoms with van der Waals surface area (Å²) in [6.07, 6.45) is 7.01. The van der Waals surface area contributed by atoms with Gasteiger partial charge in [-0.3, -0.25) is 0 Å². The van der Waals surface area contributed by atoms with Gasteiger partial charge in [0.05, 0.1) is 0 Å². The van der Waals surface area contributed by atoms with Gasteiger partial charge in [0.15, 0.2) is 0 Å². The minimum absolute atomic E-state index is 0.366. The maximum Gasteiger partial charge on any atom is 0.0327 e. The fourth-order valence-electron chi connectivity index (χ4n) is 3.37. The highest BCUT2D eigenvalue weighted by Crippen LogP contribution is 2.46. The normalized spacial score (nSPS) is 21.2. The Bertz CT molecular complexity index is 411. The molecular formula is C19H29N. The zero-order valence-electron chi connectivity index (χ0n) is 13.2. The van der Waals surface area contributed by atoms with Crippen molar-refractivity contribution in [2.24, 2.45) is 17.3 Å². The van der Waals surface area contributed by atoms with Crippen molar-refractivity contribution in [2.75, 3.05) is 0 Å². The number of rotatable bonds is 6. The third-order valence-corrected chi connectivity index (χ3v) is 4.67. The van der Waals surface area contributed by atoms with E-state index in [1.807, 2.05) is 0 Å². The van der Waals surface area contributed by atoms with Gasteiger partial charge in [0, 0.05) is 12.1 Å². The summed E-state index contributed by atoms with van der Waals surface area (Å²) >= 11 is 0. The summed E-state index contributed by atoms with van der Waals surface area (Å²) in [4.78, 5) is 0. The van der Waals surface area contributed by atoms with E-state index in [0.717, 1.165) is 17.9 Å². The number of hydrogen-bond acceptors (Lipinski definition) is 1. The van der Waals surface area contributed by atoms with E-state index < -0.39 is 0 Å². The van der Waals surface area contributed by atoms with E-state index in [1.54, 1.807) is 0 Å². The number of hydrogen-bond donors (Lipinski definition) is 1. The molecule has 1 N–H and O–H groups in total. The molecule has 0 saturated heterocycles. The van der Waals surface area contributed by atoms with E-state index >= 15 is 0 Å². The predicted molar refractivity (Wildman–Crippen MR) is 85.6 cm³/mol. The van der Waals surface area contributed by atoms with Crippen LogP contribution in [0, 0.1) is 17.3 Å². The van der Waals surface area contributed by atoms with Crippen LogP contribution in [0.2, 0.25) is 0 Å². The van der Waals surface area contributed by atoms with Crippen LogP contribution < -0.4 is 5.32 Å². The summed E-state index contributed by atoms with van der Waals surface area (Å²) in [7, 11) is 0. The molecule has 2 fully saturated rings. The fourth-order valence-corrected chi connectivity index (χ4v) is 3.37.